The molecule has 0 saturated carbocycles. The fraction of sp³-hybridized carbons (Fsp3) is 1.00. The molecule has 0 amide bonds. The van der Waals surface area contributed by atoms with Crippen LogP contribution in [0, 0.1) is 5.92 Å². The number of hydrogen-bond donors (Lipinski definition) is 0. The van der Waals surface area contributed by atoms with Crippen LogP contribution in [0.15, 0.2) is 0 Å². The normalized spacial score (nSPS) is 15.4. The molecule has 0 bridgehead atoms. The molecule has 0 fully saturated rings. The van der Waals surface area contributed by atoms with Gasteiger partial charge >= 0.3 is 0 Å². The summed E-state index contributed by atoms with van der Waals surface area (Å²) in [6, 6.07) is 2.63. The maximum absolute atomic E-state index is 6.52. The first-order valence-corrected chi connectivity index (χ1v) is 12.7. The molecule has 1 nitrogen and oxygen atoms in total. The lowest BCUT2D eigenvalue weighted by molar-refractivity contribution is 0.503. The van der Waals surface area contributed by atoms with Crippen LogP contribution in [0.2, 0.25) is 38.3 Å². The summed E-state index contributed by atoms with van der Waals surface area (Å²) in [6.07, 6.45) is 2.56. The van der Waals surface area contributed by atoms with E-state index in [0.29, 0.717) is 0 Å². The van der Waals surface area contributed by atoms with Crippen molar-refractivity contribution in [1.82, 2.24) is 0 Å². The second kappa shape index (κ2) is 6.21. The molecule has 1 atom stereocenters. The van der Waals surface area contributed by atoms with Gasteiger partial charge in [-0.2, -0.15) is 0 Å². The van der Waals surface area contributed by atoms with Gasteiger partial charge in [0.25, 0.3) is 0 Å². The maximum Gasteiger partial charge on any atom is 0.173 e. The fourth-order valence-electron chi connectivity index (χ4n) is 2.43. The number of rotatable bonds is 7. The lowest BCUT2D eigenvalue weighted by Crippen LogP contribution is -2.44. The van der Waals surface area contributed by atoms with E-state index in [1.54, 1.807) is 0 Å². The first-order chi connectivity index (χ1) is 6.72. The SMILES string of the molecule is CCC[Si](C)(C)O[Si](C)(C)CC(C)CC. The predicted molar refractivity (Wildman–Crippen MR) is 75.4 cm³/mol. The third-order valence-electron chi connectivity index (χ3n) is 2.94. The Morgan fingerprint density at radius 2 is 1.53 bits per heavy atom. The highest BCUT2D eigenvalue weighted by Gasteiger charge is 2.32. The Morgan fingerprint density at radius 1 is 1.00 bits per heavy atom. The molecule has 0 aliphatic heterocycles. The van der Waals surface area contributed by atoms with Crippen LogP contribution in [0.25, 0.3) is 0 Å². The smallest absolute Gasteiger partial charge is 0.173 e. The quantitative estimate of drug-likeness (QED) is 0.582. The summed E-state index contributed by atoms with van der Waals surface area (Å²) in [6.45, 7) is 16.4. The van der Waals surface area contributed by atoms with Gasteiger partial charge in [-0.05, 0) is 44.2 Å². The van der Waals surface area contributed by atoms with Crippen molar-refractivity contribution in [3.05, 3.63) is 0 Å². The Hall–Kier alpha value is 0.394. The summed E-state index contributed by atoms with van der Waals surface area (Å²) >= 11 is 0. The van der Waals surface area contributed by atoms with Gasteiger partial charge in [-0.3, -0.25) is 0 Å². The average Bonchev–Trinajstić information content (AvgIpc) is 2.00. The molecule has 0 aromatic rings. The largest absolute Gasteiger partial charge is 0.455 e. The van der Waals surface area contributed by atoms with Crippen LogP contribution in [0.1, 0.15) is 33.6 Å². The minimum atomic E-state index is -1.40. The third kappa shape index (κ3) is 7.31. The zero-order valence-electron chi connectivity index (χ0n) is 11.8. The van der Waals surface area contributed by atoms with E-state index in [9.17, 15) is 0 Å². The van der Waals surface area contributed by atoms with Gasteiger partial charge in [0.2, 0.25) is 0 Å². The van der Waals surface area contributed by atoms with Gasteiger partial charge < -0.3 is 4.12 Å². The first kappa shape index (κ1) is 15.4. The maximum atomic E-state index is 6.52. The van der Waals surface area contributed by atoms with Crippen LogP contribution < -0.4 is 0 Å². The molecule has 3 heteroatoms. The van der Waals surface area contributed by atoms with Crippen molar-refractivity contribution < 1.29 is 4.12 Å². The third-order valence-corrected chi connectivity index (χ3v) is 10.7. The van der Waals surface area contributed by atoms with Crippen LogP contribution in [-0.4, -0.2) is 16.6 Å². The van der Waals surface area contributed by atoms with E-state index < -0.39 is 16.6 Å². The van der Waals surface area contributed by atoms with Gasteiger partial charge in [0.05, 0.1) is 0 Å². The standard InChI is InChI=1S/C12H30OSi2/c1-8-10-14(4,5)13-15(6,7)11-12(3)9-2/h12H,8-11H2,1-7H3. The Labute approximate surface area is 98.9 Å². The van der Waals surface area contributed by atoms with E-state index in [2.05, 4.69) is 47.0 Å². The second-order valence-electron chi connectivity index (χ2n) is 6.09. The predicted octanol–water partition coefficient (Wildman–Crippen LogP) is 4.87. The number of hydrogen-bond acceptors (Lipinski definition) is 1. The van der Waals surface area contributed by atoms with Crippen molar-refractivity contribution in [1.29, 1.82) is 0 Å². The van der Waals surface area contributed by atoms with Crippen LogP contribution >= 0.6 is 0 Å². The van der Waals surface area contributed by atoms with Crippen molar-refractivity contribution >= 4 is 16.6 Å². The fourth-order valence-corrected chi connectivity index (χ4v) is 12.3. The summed E-state index contributed by atoms with van der Waals surface area (Å²) in [5, 5.41) is 0. The molecule has 0 heterocycles. The molecule has 0 aliphatic carbocycles. The van der Waals surface area contributed by atoms with E-state index in [1.807, 2.05) is 0 Å². The van der Waals surface area contributed by atoms with Gasteiger partial charge in [-0.25, -0.2) is 0 Å². The van der Waals surface area contributed by atoms with E-state index in [-0.39, 0.29) is 0 Å². The molecular weight excluding hydrogens is 216 g/mol. The molecule has 92 valence electrons. The molecule has 1 unspecified atom stereocenters. The molecule has 0 rings (SSSR count). The summed E-state index contributed by atoms with van der Waals surface area (Å²) in [4.78, 5) is 0. The molecule has 0 radical (unpaired) electrons. The zero-order chi connectivity index (χ0) is 12.1. The Morgan fingerprint density at radius 3 is 1.93 bits per heavy atom. The average molecular weight is 247 g/mol. The monoisotopic (exact) mass is 246 g/mol. The topological polar surface area (TPSA) is 9.23 Å². The molecule has 0 N–H and O–H groups in total. The van der Waals surface area contributed by atoms with Gasteiger partial charge in [0.15, 0.2) is 16.6 Å². The first-order valence-electron chi connectivity index (χ1n) is 6.42. The minimum Gasteiger partial charge on any atom is -0.455 e. The zero-order valence-corrected chi connectivity index (χ0v) is 13.8. The van der Waals surface area contributed by atoms with Gasteiger partial charge in [0, 0.05) is 0 Å². The highest BCUT2D eigenvalue weighted by Crippen LogP contribution is 2.26. The summed E-state index contributed by atoms with van der Waals surface area (Å²) < 4.78 is 6.52. The van der Waals surface area contributed by atoms with Crippen molar-refractivity contribution in [2.24, 2.45) is 5.92 Å². The van der Waals surface area contributed by atoms with Crippen molar-refractivity contribution in [3.8, 4) is 0 Å². The highest BCUT2D eigenvalue weighted by atomic mass is 28.4. The van der Waals surface area contributed by atoms with Crippen molar-refractivity contribution in [2.45, 2.75) is 71.9 Å². The molecule has 0 saturated heterocycles. The van der Waals surface area contributed by atoms with Crippen LogP contribution in [-0.2, 0) is 4.12 Å². The van der Waals surface area contributed by atoms with E-state index in [0.717, 1.165) is 5.92 Å². The molecule has 0 aromatic carbocycles. The summed E-state index contributed by atoms with van der Waals surface area (Å²) in [5.41, 5.74) is 0. The molecule has 15 heavy (non-hydrogen) atoms. The molecular formula is C12H30OSi2. The molecule has 0 aliphatic rings. The van der Waals surface area contributed by atoms with Crippen LogP contribution in [0.3, 0.4) is 0 Å². The molecule has 0 aromatic heterocycles. The van der Waals surface area contributed by atoms with Crippen LogP contribution in [0.4, 0.5) is 0 Å². The van der Waals surface area contributed by atoms with Gasteiger partial charge in [-0.15, -0.1) is 0 Å². The van der Waals surface area contributed by atoms with Crippen molar-refractivity contribution in [2.75, 3.05) is 0 Å². The van der Waals surface area contributed by atoms with E-state index in [1.165, 1.54) is 24.9 Å². The molecule has 0 spiro atoms. The van der Waals surface area contributed by atoms with E-state index >= 15 is 0 Å². The summed E-state index contributed by atoms with van der Waals surface area (Å²) in [5.74, 6) is 0.832. The Kier molecular flexibility index (Phi) is 6.37. The minimum absolute atomic E-state index is 0.832. The van der Waals surface area contributed by atoms with Crippen molar-refractivity contribution in [3.63, 3.8) is 0 Å². The Balaban J connectivity index is 4.22. The van der Waals surface area contributed by atoms with Gasteiger partial charge in [-0.1, -0.05) is 33.6 Å². The highest BCUT2D eigenvalue weighted by molar-refractivity contribution is 6.84. The lowest BCUT2D eigenvalue weighted by Gasteiger charge is -2.35. The van der Waals surface area contributed by atoms with Crippen LogP contribution in [0.5, 0.6) is 0 Å². The van der Waals surface area contributed by atoms with Gasteiger partial charge in [0.1, 0.15) is 0 Å². The summed E-state index contributed by atoms with van der Waals surface area (Å²) in [7, 11) is -2.75. The second-order valence-corrected chi connectivity index (χ2v) is 14.9. The van der Waals surface area contributed by atoms with E-state index in [4.69, 9.17) is 4.12 Å². The Bertz CT molecular complexity index is 178. The lowest BCUT2D eigenvalue weighted by atomic mass is 10.2.